The van der Waals surface area contributed by atoms with Gasteiger partial charge in [0, 0.05) is 38.2 Å². The summed E-state index contributed by atoms with van der Waals surface area (Å²) in [4.78, 5) is 7.23. The van der Waals surface area contributed by atoms with E-state index in [0.29, 0.717) is 18.0 Å². The van der Waals surface area contributed by atoms with Gasteiger partial charge in [0.15, 0.2) is 5.96 Å². The number of nitrogens with zero attached hydrogens (tertiary/aromatic N) is 2. The van der Waals surface area contributed by atoms with Crippen LogP contribution in [0.1, 0.15) is 39.7 Å². The Bertz CT molecular complexity index is 778. The Balaban J connectivity index is 0.00000420. The maximum Gasteiger partial charge on any atom is 0.241 e. The average Bonchev–Trinajstić information content (AvgIpc) is 3.05. The molecule has 1 aromatic rings. The topological polar surface area (TPSA) is 83.0 Å². The molecule has 1 aliphatic heterocycles. The van der Waals surface area contributed by atoms with Crippen LogP contribution in [0.2, 0.25) is 0 Å². The van der Waals surface area contributed by atoms with Crippen LogP contribution in [-0.2, 0) is 21.3 Å². The second-order valence-corrected chi connectivity index (χ2v) is 9.84. The summed E-state index contributed by atoms with van der Waals surface area (Å²) in [7, 11) is -1.89. The third-order valence-electron chi connectivity index (χ3n) is 4.42. The SMILES string of the molecule is CCNC(=NCc1ccccc1S(=O)(=O)NC(C)(C)C)N1CCC(COC)C1.I. The molecule has 1 aliphatic rings. The minimum absolute atomic E-state index is 0. The molecule has 1 heterocycles. The van der Waals surface area contributed by atoms with Gasteiger partial charge < -0.3 is 15.0 Å². The highest BCUT2D eigenvalue weighted by Crippen LogP contribution is 2.20. The van der Waals surface area contributed by atoms with E-state index in [1.54, 1.807) is 19.2 Å². The van der Waals surface area contributed by atoms with E-state index in [2.05, 4.69) is 14.9 Å². The molecule has 0 aromatic heterocycles. The molecule has 166 valence electrons. The highest BCUT2D eigenvalue weighted by atomic mass is 127. The van der Waals surface area contributed by atoms with Crippen molar-refractivity contribution in [2.24, 2.45) is 10.9 Å². The summed E-state index contributed by atoms with van der Waals surface area (Å²) in [6.45, 7) is 11.1. The predicted octanol–water partition coefficient (Wildman–Crippen LogP) is 2.82. The third kappa shape index (κ3) is 8.03. The van der Waals surface area contributed by atoms with Gasteiger partial charge in [0.05, 0.1) is 18.0 Å². The fourth-order valence-corrected chi connectivity index (χ4v) is 4.99. The highest BCUT2D eigenvalue weighted by molar-refractivity contribution is 14.0. The maximum absolute atomic E-state index is 12.8. The molecule has 29 heavy (non-hydrogen) atoms. The lowest BCUT2D eigenvalue weighted by Gasteiger charge is -2.23. The lowest BCUT2D eigenvalue weighted by Crippen LogP contribution is -2.41. The number of likely N-dealkylation sites (tertiary alicyclic amines) is 1. The van der Waals surface area contributed by atoms with E-state index in [-0.39, 0.29) is 28.9 Å². The molecule has 0 saturated carbocycles. The van der Waals surface area contributed by atoms with Gasteiger partial charge in [0.1, 0.15) is 0 Å². The van der Waals surface area contributed by atoms with Crippen molar-refractivity contribution in [2.45, 2.75) is 51.1 Å². The first-order chi connectivity index (χ1) is 13.2. The van der Waals surface area contributed by atoms with Crippen molar-refractivity contribution < 1.29 is 13.2 Å². The lowest BCUT2D eigenvalue weighted by molar-refractivity contribution is 0.157. The summed E-state index contributed by atoms with van der Waals surface area (Å²) < 4.78 is 33.6. The van der Waals surface area contributed by atoms with Gasteiger partial charge in [-0.25, -0.2) is 18.1 Å². The van der Waals surface area contributed by atoms with Gasteiger partial charge in [-0.05, 0) is 45.7 Å². The molecule has 2 N–H and O–H groups in total. The zero-order valence-corrected chi connectivity index (χ0v) is 21.2. The fourth-order valence-electron chi connectivity index (χ4n) is 3.34. The monoisotopic (exact) mass is 538 g/mol. The average molecular weight is 538 g/mol. The van der Waals surface area contributed by atoms with Crippen LogP contribution >= 0.6 is 24.0 Å². The number of sulfonamides is 1. The number of halogens is 1. The smallest absolute Gasteiger partial charge is 0.241 e. The molecule has 1 fully saturated rings. The summed E-state index contributed by atoms with van der Waals surface area (Å²) in [6.07, 6.45) is 1.07. The second-order valence-electron chi connectivity index (χ2n) is 8.19. The number of nitrogens with one attached hydrogen (secondary N) is 2. The number of benzene rings is 1. The van der Waals surface area contributed by atoms with E-state index in [9.17, 15) is 8.42 Å². The Morgan fingerprint density at radius 1 is 1.31 bits per heavy atom. The molecule has 0 radical (unpaired) electrons. The molecule has 2 rings (SSSR count). The van der Waals surface area contributed by atoms with Crippen LogP contribution in [0.25, 0.3) is 0 Å². The molecular weight excluding hydrogens is 503 g/mol. The van der Waals surface area contributed by atoms with E-state index < -0.39 is 15.6 Å². The standard InChI is InChI=1S/C20H34N4O3S.HI/c1-6-21-19(24-12-11-16(14-24)15-27-5)22-13-17-9-7-8-10-18(17)28(25,26)23-20(2,3)4;/h7-10,16,23H,6,11-15H2,1-5H3,(H,21,22);1H. The summed E-state index contributed by atoms with van der Waals surface area (Å²) >= 11 is 0. The van der Waals surface area contributed by atoms with Gasteiger partial charge >= 0.3 is 0 Å². The lowest BCUT2D eigenvalue weighted by atomic mass is 10.1. The van der Waals surface area contributed by atoms with Crippen molar-refractivity contribution >= 4 is 40.0 Å². The Morgan fingerprint density at radius 2 is 2.00 bits per heavy atom. The van der Waals surface area contributed by atoms with Crippen molar-refractivity contribution in [2.75, 3.05) is 33.4 Å². The number of methoxy groups -OCH3 is 1. The molecule has 0 spiro atoms. The van der Waals surface area contributed by atoms with Crippen molar-refractivity contribution in [1.82, 2.24) is 14.9 Å². The zero-order valence-electron chi connectivity index (χ0n) is 18.1. The summed E-state index contributed by atoms with van der Waals surface area (Å²) in [6, 6.07) is 7.04. The molecule has 1 aromatic carbocycles. The number of hydrogen-bond acceptors (Lipinski definition) is 4. The molecule has 0 amide bonds. The van der Waals surface area contributed by atoms with Crippen molar-refractivity contribution in [3.63, 3.8) is 0 Å². The predicted molar refractivity (Wildman–Crippen MR) is 128 cm³/mol. The molecule has 1 atom stereocenters. The Labute approximate surface area is 192 Å². The molecule has 7 nitrogen and oxygen atoms in total. The molecule has 0 bridgehead atoms. The zero-order chi connectivity index (χ0) is 20.8. The normalized spacial score (nSPS) is 17.9. The minimum Gasteiger partial charge on any atom is -0.384 e. The van der Waals surface area contributed by atoms with Crippen LogP contribution in [0.4, 0.5) is 0 Å². The minimum atomic E-state index is -3.61. The number of ether oxygens (including phenoxy) is 1. The first-order valence-corrected chi connectivity index (χ1v) is 11.3. The van der Waals surface area contributed by atoms with Gasteiger partial charge in [-0.1, -0.05) is 18.2 Å². The second kappa shape index (κ2) is 11.5. The van der Waals surface area contributed by atoms with Crippen molar-refractivity contribution in [3.05, 3.63) is 29.8 Å². The largest absolute Gasteiger partial charge is 0.384 e. The van der Waals surface area contributed by atoms with Crippen LogP contribution in [0, 0.1) is 5.92 Å². The van der Waals surface area contributed by atoms with Gasteiger partial charge in [-0.2, -0.15) is 0 Å². The molecular formula is C20H35IN4O3S. The molecule has 0 aliphatic carbocycles. The van der Waals surface area contributed by atoms with E-state index >= 15 is 0 Å². The quantitative estimate of drug-likeness (QED) is 0.317. The van der Waals surface area contributed by atoms with E-state index in [1.807, 2.05) is 39.8 Å². The molecule has 9 heteroatoms. The summed E-state index contributed by atoms with van der Waals surface area (Å²) in [5.74, 6) is 1.31. The highest BCUT2D eigenvalue weighted by Gasteiger charge is 2.26. The number of guanidine groups is 1. The van der Waals surface area contributed by atoms with Gasteiger partial charge in [-0.15, -0.1) is 24.0 Å². The number of aliphatic imine (C=N–C) groups is 1. The third-order valence-corrected chi connectivity index (χ3v) is 6.28. The van der Waals surface area contributed by atoms with Crippen LogP contribution in [0.15, 0.2) is 34.2 Å². The number of rotatable bonds is 7. The Kier molecular flexibility index (Phi) is 10.3. The Morgan fingerprint density at radius 3 is 2.62 bits per heavy atom. The fraction of sp³-hybridized carbons (Fsp3) is 0.650. The number of hydrogen-bond donors (Lipinski definition) is 2. The van der Waals surface area contributed by atoms with Gasteiger partial charge in [0.25, 0.3) is 0 Å². The first-order valence-electron chi connectivity index (χ1n) is 9.80. The summed E-state index contributed by atoms with van der Waals surface area (Å²) in [5.41, 5.74) is 0.137. The van der Waals surface area contributed by atoms with Crippen LogP contribution < -0.4 is 10.0 Å². The molecule has 1 unspecified atom stereocenters. The van der Waals surface area contributed by atoms with Gasteiger partial charge in [-0.3, -0.25) is 0 Å². The van der Waals surface area contributed by atoms with E-state index in [4.69, 9.17) is 9.73 Å². The molecule has 1 saturated heterocycles. The van der Waals surface area contributed by atoms with Crippen LogP contribution in [0.3, 0.4) is 0 Å². The van der Waals surface area contributed by atoms with E-state index in [0.717, 1.165) is 38.6 Å². The first kappa shape index (κ1) is 26.1. The Hall–Kier alpha value is -0.910. The maximum atomic E-state index is 12.8. The van der Waals surface area contributed by atoms with Crippen molar-refractivity contribution in [1.29, 1.82) is 0 Å². The van der Waals surface area contributed by atoms with Gasteiger partial charge in [0.2, 0.25) is 10.0 Å². The van der Waals surface area contributed by atoms with E-state index in [1.165, 1.54) is 0 Å². The summed E-state index contributed by atoms with van der Waals surface area (Å²) in [5, 5.41) is 3.32. The van der Waals surface area contributed by atoms with Crippen LogP contribution in [0.5, 0.6) is 0 Å². The van der Waals surface area contributed by atoms with Crippen LogP contribution in [-0.4, -0.2) is 58.2 Å². The van der Waals surface area contributed by atoms with Crippen molar-refractivity contribution in [3.8, 4) is 0 Å².